The van der Waals surface area contributed by atoms with Crippen LogP contribution in [0.3, 0.4) is 0 Å². The Hall–Kier alpha value is -2.81. The minimum atomic E-state index is -0.483. The Morgan fingerprint density at radius 3 is 2.29 bits per heavy atom. The van der Waals surface area contributed by atoms with Gasteiger partial charge in [-0.05, 0) is 19.1 Å². The van der Waals surface area contributed by atoms with E-state index in [9.17, 15) is 20.2 Å². The van der Waals surface area contributed by atoms with Crippen molar-refractivity contribution in [2.45, 2.75) is 6.92 Å². The Morgan fingerprint density at radius 2 is 1.76 bits per heavy atom. The van der Waals surface area contributed by atoms with Crippen LogP contribution in [-0.4, -0.2) is 15.6 Å². The molecule has 108 valence electrons. The van der Waals surface area contributed by atoms with E-state index in [0.717, 1.165) is 0 Å². The minimum Gasteiger partial charge on any atom is -0.278 e. The summed E-state index contributed by atoms with van der Waals surface area (Å²) in [6.45, 7) is 1.72. The molecule has 1 N–H and O–H groups in total. The smallest absolute Gasteiger partial charge is 0.278 e. The predicted molar refractivity (Wildman–Crippen MR) is 79.9 cm³/mol. The first-order valence-corrected chi connectivity index (χ1v) is 6.63. The lowest BCUT2D eigenvalue weighted by Gasteiger charge is -2.01. The molecule has 1 heterocycles. The van der Waals surface area contributed by atoms with E-state index in [0.29, 0.717) is 16.3 Å². The van der Waals surface area contributed by atoms with Gasteiger partial charge in [0.15, 0.2) is 0 Å². The van der Waals surface area contributed by atoms with E-state index in [4.69, 9.17) is 0 Å². The van der Waals surface area contributed by atoms with E-state index in [-0.39, 0.29) is 11.4 Å². The lowest BCUT2D eigenvalue weighted by molar-refractivity contribution is -0.384. The van der Waals surface area contributed by atoms with Crippen LogP contribution in [-0.2, 0) is 0 Å². The van der Waals surface area contributed by atoms with E-state index in [1.54, 1.807) is 6.92 Å². The van der Waals surface area contributed by atoms with Gasteiger partial charge in [-0.2, -0.15) is 5.10 Å². The van der Waals surface area contributed by atoms with Crippen molar-refractivity contribution in [1.82, 2.24) is 0 Å². The van der Waals surface area contributed by atoms with Crippen LogP contribution in [0.5, 0.6) is 0 Å². The zero-order valence-corrected chi connectivity index (χ0v) is 11.7. The number of non-ortho nitro benzene ring substituents is 1. The molecule has 21 heavy (non-hydrogen) atoms. The highest BCUT2D eigenvalue weighted by Gasteiger charge is 2.11. The molecule has 0 aliphatic rings. The summed E-state index contributed by atoms with van der Waals surface area (Å²) in [5.74, 6) is 0. The summed E-state index contributed by atoms with van der Waals surface area (Å²) in [4.78, 5) is 20.9. The first kappa shape index (κ1) is 14.6. The average molecular weight is 306 g/mol. The lowest BCUT2D eigenvalue weighted by atomic mass is 10.3. The van der Waals surface area contributed by atoms with Gasteiger partial charge in [-0.25, -0.2) is 0 Å². The van der Waals surface area contributed by atoms with Crippen LogP contribution in [0.25, 0.3) is 0 Å². The molecule has 0 atom stereocenters. The van der Waals surface area contributed by atoms with Crippen molar-refractivity contribution in [2.75, 3.05) is 5.43 Å². The molecule has 8 nitrogen and oxygen atoms in total. The number of benzene rings is 1. The SMILES string of the molecule is C/C(=N/Nc1ccc([N+](=O)[O-])cc1)c1cc([N+](=O)[O-])cs1. The number of rotatable bonds is 5. The highest BCUT2D eigenvalue weighted by Crippen LogP contribution is 2.22. The summed E-state index contributed by atoms with van der Waals surface area (Å²) in [5, 5.41) is 26.7. The van der Waals surface area contributed by atoms with Crippen LogP contribution in [0.2, 0.25) is 0 Å². The van der Waals surface area contributed by atoms with Gasteiger partial charge in [-0.15, -0.1) is 11.3 Å². The van der Waals surface area contributed by atoms with Gasteiger partial charge in [0.25, 0.3) is 11.4 Å². The van der Waals surface area contributed by atoms with E-state index in [2.05, 4.69) is 10.5 Å². The van der Waals surface area contributed by atoms with Crippen LogP contribution < -0.4 is 5.43 Å². The van der Waals surface area contributed by atoms with Crippen LogP contribution in [0.15, 0.2) is 40.8 Å². The Kier molecular flexibility index (Phi) is 4.24. The molecule has 0 amide bonds. The molecule has 1 aromatic heterocycles. The molecule has 0 fully saturated rings. The Labute approximate surface area is 123 Å². The summed E-state index contributed by atoms with van der Waals surface area (Å²) in [6.07, 6.45) is 0. The first-order chi connectivity index (χ1) is 9.97. The molecule has 2 aromatic rings. The largest absolute Gasteiger partial charge is 0.280 e. The van der Waals surface area contributed by atoms with E-state index in [1.807, 2.05) is 0 Å². The van der Waals surface area contributed by atoms with Gasteiger partial charge >= 0.3 is 0 Å². The summed E-state index contributed by atoms with van der Waals surface area (Å²) < 4.78 is 0. The number of hydrogen-bond acceptors (Lipinski definition) is 7. The topological polar surface area (TPSA) is 111 Å². The summed E-state index contributed by atoms with van der Waals surface area (Å²) >= 11 is 1.23. The second-order valence-electron chi connectivity index (χ2n) is 4.04. The average Bonchev–Trinajstić information content (AvgIpc) is 2.95. The number of nitro benzene ring substituents is 1. The van der Waals surface area contributed by atoms with E-state index in [1.165, 1.54) is 47.0 Å². The Balaban J connectivity index is 2.08. The zero-order valence-electron chi connectivity index (χ0n) is 10.8. The van der Waals surface area contributed by atoms with Crippen molar-refractivity contribution in [3.8, 4) is 0 Å². The van der Waals surface area contributed by atoms with E-state index >= 15 is 0 Å². The lowest BCUT2D eigenvalue weighted by Crippen LogP contribution is -1.97. The number of nitro groups is 2. The van der Waals surface area contributed by atoms with Crippen LogP contribution >= 0.6 is 11.3 Å². The number of hydrazone groups is 1. The van der Waals surface area contributed by atoms with Crippen molar-refractivity contribution in [3.05, 3.63) is 60.8 Å². The van der Waals surface area contributed by atoms with Crippen LogP contribution in [0.1, 0.15) is 11.8 Å². The predicted octanol–water partition coefficient (Wildman–Crippen LogP) is 3.40. The maximum absolute atomic E-state index is 10.6. The van der Waals surface area contributed by atoms with Crippen LogP contribution in [0, 0.1) is 20.2 Å². The second-order valence-corrected chi connectivity index (χ2v) is 4.95. The monoisotopic (exact) mass is 306 g/mol. The molecule has 0 spiro atoms. The molecular weight excluding hydrogens is 296 g/mol. The van der Waals surface area contributed by atoms with Gasteiger partial charge in [-0.1, -0.05) is 0 Å². The maximum Gasteiger partial charge on any atom is 0.280 e. The number of hydrogen-bond donors (Lipinski definition) is 1. The second kappa shape index (κ2) is 6.09. The van der Waals surface area contributed by atoms with Crippen molar-refractivity contribution >= 4 is 34.1 Å². The molecule has 0 saturated heterocycles. The molecular formula is C12H10N4O4S. The number of thiophene rings is 1. The standard InChI is InChI=1S/C12H10N4O4S/c1-8(12-6-11(7-21-12)16(19)20)13-14-9-2-4-10(5-3-9)15(17)18/h2-7,14H,1H3/b13-8-. The molecule has 0 aliphatic heterocycles. The third-order valence-electron chi connectivity index (χ3n) is 2.58. The van der Waals surface area contributed by atoms with Crippen LogP contribution in [0.4, 0.5) is 17.1 Å². The van der Waals surface area contributed by atoms with Crippen molar-refractivity contribution in [3.63, 3.8) is 0 Å². The normalized spacial score (nSPS) is 11.2. The highest BCUT2D eigenvalue weighted by molar-refractivity contribution is 7.12. The number of anilines is 1. The van der Waals surface area contributed by atoms with Crippen molar-refractivity contribution in [2.24, 2.45) is 5.10 Å². The van der Waals surface area contributed by atoms with Crippen molar-refractivity contribution < 1.29 is 9.85 Å². The summed E-state index contributed by atoms with van der Waals surface area (Å²) in [5.41, 5.74) is 3.95. The number of nitrogens with one attached hydrogen (secondary N) is 1. The quantitative estimate of drug-likeness (QED) is 0.517. The van der Waals surface area contributed by atoms with Gasteiger partial charge < -0.3 is 0 Å². The van der Waals surface area contributed by atoms with Crippen molar-refractivity contribution in [1.29, 1.82) is 0 Å². The molecule has 0 aliphatic carbocycles. The molecule has 0 unspecified atom stereocenters. The molecule has 0 saturated carbocycles. The zero-order chi connectivity index (χ0) is 15.4. The van der Waals surface area contributed by atoms with Gasteiger partial charge in [0.1, 0.15) is 0 Å². The third kappa shape index (κ3) is 3.60. The molecule has 2 rings (SSSR count). The molecule has 1 aromatic carbocycles. The summed E-state index contributed by atoms with van der Waals surface area (Å²) in [6, 6.07) is 7.24. The van der Waals surface area contributed by atoms with Gasteiger partial charge in [-0.3, -0.25) is 25.7 Å². The molecule has 9 heteroatoms. The Morgan fingerprint density at radius 1 is 1.14 bits per heavy atom. The Bertz CT molecular complexity index is 708. The maximum atomic E-state index is 10.6. The molecule has 0 bridgehead atoms. The fourth-order valence-electron chi connectivity index (χ4n) is 1.47. The summed E-state index contributed by atoms with van der Waals surface area (Å²) in [7, 11) is 0. The molecule has 0 radical (unpaired) electrons. The van der Waals surface area contributed by atoms with Gasteiger partial charge in [0.2, 0.25) is 0 Å². The van der Waals surface area contributed by atoms with Gasteiger partial charge in [0.05, 0.1) is 31.5 Å². The number of nitrogens with zero attached hydrogens (tertiary/aromatic N) is 3. The fourth-order valence-corrected chi connectivity index (χ4v) is 2.28. The third-order valence-corrected chi connectivity index (χ3v) is 3.61. The minimum absolute atomic E-state index is 0.00451. The fraction of sp³-hybridized carbons (Fsp3) is 0.0833. The highest BCUT2D eigenvalue weighted by atomic mass is 32.1. The van der Waals surface area contributed by atoms with Gasteiger partial charge in [0, 0.05) is 18.2 Å². The first-order valence-electron chi connectivity index (χ1n) is 5.75. The van der Waals surface area contributed by atoms with E-state index < -0.39 is 9.85 Å².